The summed E-state index contributed by atoms with van der Waals surface area (Å²) in [6, 6.07) is 4.29. The SMILES string of the molecule is COC(=O)[C@H](C(C)C)N1c2cc(C)c(C)cc2[C@H](C)CC1(C)C. The molecule has 0 N–H and O–H groups in total. The van der Waals surface area contributed by atoms with Gasteiger partial charge in [-0.1, -0.05) is 26.8 Å². The van der Waals surface area contributed by atoms with Crippen LogP contribution in [0.5, 0.6) is 0 Å². The number of ether oxygens (including phenoxy) is 1. The minimum atomic E-state index is -0.261. The summed E-state index contributed by atoms with van der Waals surface area (Å²) in [5.74, 6) is 0.525. The predicted molar refractivity (Wildman–Crippen MR) is 96.1 cm³/mol. The standard InChI is InChI=1S/C20H31NO2/c1-12(2)18(19(22)23-8)21-17-10-14(4)13(3)9-16(17)15(5)11-20(21,6)7/h9-10,12,15,18H,11H2,1-8H3/t15-,18+/m1/s1. The lowest BCUT2D eigenvalue weighted by atomic mass is 9.77. The largest absolute Gasteiger partial charge is 0.467 e. The third-order valence-corrected chi connectivity index (χ3v) is 5.24. The lowest BCUT2D eigenvalue weighted by Gasteiger charge is -2.51. The number of carbonyl (C=O) groups excluding carboxylic acids is 1. The fourth-order valence-corrected chi connectivity index (χ4v) is 4.03. The molecule has 1 heterocycles. The van der Waals surface area contributed by atoms with Crippen LogP contribution in [0.4, 0.5) is 5.69 Å². The Hall–Kier alpha value is -1.51. The van der Waals surface area contributed by atoms with Crippen LogP contribution in [-0.4, -0.2) is 24.7 Å². The number of hydrogen-bond donors (Lipinski definition) is 0. The summed E-state index contributed by atoms with van der Waals surface area (Å²) in [4.78, 5) is 14.8. The van der Waals surface area contributed by atoms with E-state index in [2.05, 4.69) is 65.5 Å². The number of methoxy groups -OCH3 is 1. The van der Waals surface area contributed by atoms with Gasteiger partial charge in [-0.2, -0.15) is 0 Å². The number of fused-ring (bicyclic) bond motifs is 1. The van der Waals surface area contributed by atoms with Gasteiger partial charge < -0.3 is 9.64 Å². The van der Waals surface area contributed by atoms with Crippen LogP contribution in [0, 0.1) is 19.8 Å². The normalized spacial score (nSPS) is 21.1. The van der Waals surface area contributed by atoms with Gasteiger partial charge in [0.2, 0.25) is 0 Å². The highest BCUT2D eigenvalue weighted by Crippen LogP contribution is 2.46. The quantitative estimate of drug-likeness (QED) is 0.763. The lowest BCUT2D eigenvalue weighted by Crippen LogP contribution is -2.58. The highest BCUT2D eigenvalue weighted by molar-refractivity contribution is 5.82. The fourth-order valence-electron chi connectivity index (χ4n) is 4.03. The number of benzene rings is 1. The summed E-state index contributed by atoms with van der Waals surface area (Å²) in [5.41, 5.74) is 5.04. The molecule has 0 spiro atoms. The molecule has 0 saturated heterocycles. The molecule has 0 saturated carbocycles. The number of nitrogens with zero attached hydrogens (tertiary/aromatic N) is 1. The van der Waals surface area contributed by atoms with Gasteiger partial charge in [0, 0.05) is 11.2 Å². The molecule has 2 atom stereocenters. The van der Waals surface area contributed by atoms with Gasteiger partial charge in [-0.15, -0.1) is 0 Å². The van der Waals surface area contributed by atoms with E-state index >= 15 is 0 Å². The zero-order chi connectivity index (χ0) is 17.5. The van der Waals surface area contributed by atoms with E-state index in [0.717, 1.165) is 6.42 Å². The Kier molecular flexibility index (Phi) is 4.79. The summed E-state index contributed by atoms with van der Waals surface area (Å²) >= 11 is 0. The van der Waals surface area contributed by atoms with E-state index in [1.165, 1.54) is 29.5 Å². The van der Waals surface area contributed by atoms with Gasteiger partial charge in [0.05, 0.1) is 7.11 Å². The van der Waals surface area contributed by atoms with Gasteiger partial charge >= 0.3 is 5.97 Å². The van der Waals surface area contributed by atoms with Crippen LogP contribution in [0.2, 0.25) is 0 Å². The van der Waals surface area contributed by atoms with Gasteiger partial charge in [-0.25, -0.2) is 4.79 Å². The van der Waals surface area contributed by atoms with E-state index in [4.69, 9.17) is 4.74 Å². The summed E-state index contributed by atoms with van der Waals surface area (Å²) in [7, 11) is 1.48. The first kappa shape index (κ1) is 17.8. The molecule has 3 nitrogen and oxygen atoms in total. The molecule has 0 amide bonds. The predicted octanol–water partition coefficient (Wildman–Crippen LogP) is 4.59. The Morgan fingerprint density at radius 1 is 1.26 bits per heavy atom. The lowest BCUT2D eigenvalue weighted by molar-refractivity contribution is -0.143. The third-order valence-electron chi connectivity index (χ3n) is 5.24. The van der Waals surface area contributed by atoms with Crippen molar-refractivity contribution in [2.75, 3.05) is 12.0 Å². The molecule has 0 unspecified atom stereocenters. The molecule has 128 valence electrons. The zero-order valence-corrected chi connectivity index (χ0v) is 15.9. The number of hydrogen-bond acceptors (Lipinski definition) is 3. The van der Waals surface area contributed by atoms with E-state index in [1.807, 2.05) is 0 Å². The first-order chi connectivity index (χ1) is 10.6. The zero-order valence-electron chi connectivity index (χ0n) is 15.9. The second-order valence-electron chi connectivity index (χ2n) is 7.99. The van der Waals surface area contributed by atoms with Crippen molar-refractivity contribution < 1.29 is 9.53 Å². The molecule has 0 bridgehead atoms. The van der Waals surface area contributed by atoms with Crippen LogP contribution in [0.1, 0.15) is 63.6 Å². The van der Waals surface area contributed by atoms with Gasteiger partial charge in [-0.05, 0) is 68.7 Å². The van der Waals surface area contributed by atoms with Crippen molar-refractivity contribution in [3.05, 3.63) is 28.8 Å². The van der Waals surface area contributed by atoms with E-state index < -0.39 is 0 Å². The van der Waals surface area contributed by atoms with Crippen molar-refractivity contribution in [1.29, 1.82) is 0 Å². The van der Waals surface area contributed by atoms with Crippen molar-refractivity contribution in [1.82, 2.24) is 0 Å². The topological polar surface area (TPSA) is 29.5 Å². The van der Waals surface area contributed by atoms with Crippen molar-refractivity contribution in [3.8, 4) is 0 Å². The first-order valence-corrected chi connectivity index (χ1v) is 8.58. The number of rotatable bonds is 3. The van der Waals surface area contributed by atoms with Crippen molar-refractivity contribution in [2.24, 2.45) is 5.92 Å². The Labute approximate surface area is 141 Å². The van der Waals surface area contributed by atoms with Crippen LogP contribution in [0.15, 0.2) is 12.1 Å². The summed E-state index contributed by atoms with van der Waals surface area (Å²) in [6.45, 7) is 15.2. The van der Waals surface area contributed by atoms with Crippen LogP contribution >= 0.6 is 0 Å². The van der Waals surface area contributed by atoms with E-state index in [9.17, 15) is 4.79 Å². The second kappa shape index (κ2) is 6.18. The highest BCUT2D eigenvalue weighted by atomic mass is 16.5. The molecule has 1 aliphatic rings. The van der Waals surface area contributed by atoms with E-state index in [1.54, 1.807) is 0 Å². The molecule has 2 rings (SSSR count). The van der Waals surface area contributed by atoms with Crippen LogP contribution in [0.3, 0.4) is 0 Å². The molecule has 0 aliphatic carbocycles. The average Bonchev–Trinajstić information content (AvgIpc) is 2.44. The van der Waals surface area contributed by atoms with Crippen molar-refractivity contribution >= 4 is 11.7 Å². The minimum absolute atomic E-state index is 0.0861. The molecule has 1 aromatic rings. The summed E-state index contributed by atoms with van der Waals surface area (Å²) in [5, 5.41) is 0. The number of anilines is 1. The van der Waals surface area contributed by atoms with Gasteiger partial charge in [0.15, 0.2) is 0 Å². The van der Waals surface area contributed by atoms with Crippen molar-refractivity contribution in [2.45, 2.75) is 72.4 Å². The monoisotopic (exact) mass is 317 g/mol. The van der Waals surface area contributed by atoms with Gasteiger partial charge in [-0.3, -0.25) is 0 Å². The number of esters is 1. The van der Waals surface area contributed by atoms with Gasteiger partial charge in [0.25, 0.3) is 0 Å². The Morgan fingerprint density at radius 2 is 1.83 bits per heavy atom. The average molecular weight is 317 g/mol. The maximum atomic E-state index is 12.5. The van der Waals surface area contributed by atoms with Crippen LogP contribution in [-0.2, 0) is 9.53 Å². The summed E-state index contributed by atoms with van der Waals surface area (Å²) in [6.07, 6.45) is 1.03. The molecular formula is C20H31NO2. The van der Waals surface area contributed by atoms with E-state index in [-0.39, 0.29) is 23.5 Å². The molecule has 3 heteroatoms. The molecule has 0 radical (unpaired) electrons. The third kappa shape index (κ3) is 3.11. The second-order valence-corrected chi connectivity index (χ2v) is 7.99. The Balaban J connectivity index is 2.67. The fraction of sp³-hybridized carbons (Fsp3) is 0.650. The molecule has 0 fully saturated rings. The molecule has 23 heavy (non-hydrogen) atoms. The first-order valence-electron chi connectivity index (χ1n) is 8.58. The Morgan fingerprint density at radius 3 is 2.35 bits per heavy atom. The molecule has 0 aromatic heterocycles. The Bertz CT molecular complexity index is 604. The smallest absolute Gasteiger partial charge is 0.328 e. The van der Waals surface area contributed by atoms with E-state index in [0.29, 0.717) is 5.92 Å². The van der Waals surface area contributed by atoms with Crippen LogP contribution in [0.25, 0.3) is 0 Å². The molecule has 1 aliphatic heterocycles. The molecule has 1 aromatic carbocycles. The van der Waals surface area contributed by atoms with Gasteiger partial charge in [0.1, 0.15) is 6.04 Å². The summed E-state index contributed by atoms with van der Waals surface area (Å²) < 4.78 is 5.14. The van der Waals surface area contributed by atoms with Crippen molar-refractivity contribution in [3.63, 3.8) is 0 Å². The highest BCUT2D eigenvalue weighted by Gasteiger charge is 2.44. The maximum absolute atomic E-state index is 12.5. The maximum Gasteiger partial charge on any atom is 0.328 e. The molecular weight excluding hydrogens is 286 g/mol. The van der Waals surface area contributed by atoms with Crippen LogP contribution < -0.4 is 4.90 Å². The number of carbonyl (C=O) groups is 1. The minimum Gasteiger partial charge on any atom is -0.467 e. The number of aryl methyl sites for hydroxylation is 2.